The second-order valence-corrected chi connectivity index (χ2v) is 5.62. The number of likely N-dealkylation sites (tertiary alicyclic amines) is 1. The fourth-order valence-electron chi connectivity index (χ4n) is 2.67. The van der Waals surface area contributed by atoms with E-state index in [4.69, 9.17) is 5.73 Å². The van der Waals surface area contributed by atoms with Crippen molar-refractivity contribution < 1.29 is 9.59 Å². The van der Waals surface area contributed by atoms with E-state index in [9.17, 15) is 9.59 Å². The fourth-order valence-corrected chi connectivity index (χ4v) is 2.67. The third-order valence-corrected chi connectivity index (χ3v) is 4.07. The first-order valence-corrected chi connectivity index (χ1v) is 7.44. The zero-order valence-electron chi connectivity index (χ0n) is 12.4. The van der Waals surface area contributed by atoms with Crippen LogP contribution in [-0.4, -0.2) is 42.4 Å². The first kappa shape index (κ1) is 15.5. The lowest BCUT2D eigenvalue weighted by molar-refractivity contribution is -0.134. The minimum atomic E-state index is -0.219. The summed E-state index contributed by atoms with van der Waals surface area (Å²) in [6.07, 6.45) is 2.04. The summed E-state index contributed by atoms with van der Waals surface area (Å²) in [6, 6.07) is 9.13. The van der Waals surface area contributed by atoms with Crippen LogP contribution in [0.4, 0.5) is 0 Å². The highest BCUT2D eigenvalue weighted by Gasteiger charge is 2.28. The Balaban J connectivity index is 1.87. The van der Waals surface area contributed by atoms with Gasteiger partial charge in [-0.1, -0.05) is 18.2 Å². The van der Waals surface area contributed by atoms with Crippen LogP contribution in [0.5, 0.6) is 0 Å². The molecule has 1 saturated heterocycles. The summed E-state index contributed by atoms with van der Waals surface area (Å²) in [4.78, 5) is 26.0. The summed E-state index contributed by atoms with van der Waals surface area (Å²) >= 11 is 0. The number of nitrogens with one attached hydrogen (secondary N) is 1. The van der Waals surface area contributed by atoms with Crippen LogP contribution < -0.4 is 11.1 Å². The summed E-state index contributed by atoms with van der Waals surface area (Å²) < 4.78 is 0. The zero-order valence-corrected chi connectivity index (χ0v) is 12.4. The van der Waals surface area contributed by atoms with Gasteiger partial charge in [-0.3, -0.25) is 9.59 Å². The van der Waals surface area contributed by atoms with E-state index in [0.29, 0.717) is 24.6 Å². The third-order valence-electron chi connectivity index (χ3n) is 4.07. The van der Waals surface area contributed by atoms with Crippen LogP contribution >= 0.6 is 0 Å². The number of piperidine rings is 1. The Hall–Kier alpha value is -1.88. The third kappa shape index (κ3) is 4.04. The largest absolute Gasteiger partial charge is 0.343 e. The number of hydrogen-bond acceptors (Lipinski definition) is 3. The number of amides is 2. The van der Waals surface area contributed by atoms with E-state index < -0.39 is 0 Å². The van der Waals surface area contributed by atoms with Crippen LogP contribution in [0.1, 0.15) is 30.1 Å². The maximum atomic E-state index is 12.3. The summed E-state index contributed by atoms with van der Waals surface area (Å²) in [5, 5.41) is 2.69. The maximum Gasteiger partial charge on any atom is 0.251 e. The average Bonchev–Trinajstić information content (AvgIpc) is 2.53. The predicted octanol–water partition coefficient (Wildman–Crippen LogP) is 1.00. The smallest absolute Gasteiger partial charge is 0.251 e. The van der Waals surface area contributed by atoms with Gasteiger partial charge >= 0.3 is 0 Å². The molecule has 0 aliphatic carbocycles. The number of carbonyl (C=O) groups is 2. The standard InChI is InChI=1S/C16H23N3O2/c1-12-7-8-13(9-17)11-19(12)15(20)10-18-16(21)14-5-3-2-4-6-14/h2-6,12-13H,7-11,17H2,1H3,(H,18,21). The molecule has 1 heterocycles. The molecule has 5 heteroatoms. The highest BCUT2D eigenvalue weighted by molar-refractivity contribution is 5.96. The minimum absolute atomic E-state index is 0.0371. The molecule has 2 unspecified atom stereocenters. The predicted molar refractivity (Wildman–Crippen MR) is 81.7 cm³/mol. The van der Waals surface area contributed by atoms with Gasteiger partial charge in [0.1, 0.15) is 0 Å². The van der Waals surface area contributed by atoms with Gasteiger partial charge in [-0.15, -0.1) is 0 Å². The molecule has 0 saturated carbocycles. The summed E-state index contributed by atoms with van der Waals surface area (Å²) in [7, 11) is 0. The molecule has 0 bridgehead atoms. The van der Waals surface area contributed by atoms with Gasteiger partial charge in [-0.2, -0.15) is 0 Å². The van der Waals surface area contributed by atoms with Crippen molar-refractivity contribution in [2.24, 2.45) is 11.7 Å². The Morgan fingerprint density at radius 3 is 2.67 bits per heavy atom. The maximum absolute atomic E-state index is 12.3. The molecule has 2 atom stereocenters. The number of rotatable bonds is 4. The Morgan fingerprint density at radius 2 is 2.00 bits per heavy atom. The molecule has 1 aromatic carbocycles. The average molecular weight is 289 g/mol. The van der Waals surface area contributed by atoms with Crippen molar-refractivity contribution in [2.45, 2.75) is 25.8 Å². The van der Waals surface area contributed by atoms with Crippen LogP contribution in [0.15, 0.2) is 30.3 Å². The van der Waals surface area contributed by atoms with Crippen molar-refractivity contribution in [3.05, 3.63) is 35.9 Å². The van der Waals surface area contributed by atoms with Crippen molar-refractivity contribution in [1.29, 1.82) is 0 Å². The highest BCUT2D eigenvalue weighted by Crippen LogP contribution is 2.20. The summed E-state index contributed by atoms with van der Waals surface area (Å²) in [5.41, 5.74) is 6.27. The van der Waals surface area contributed by atoms with Crippen LogP contribution in [0.3, 0.4) is 0 Å². The van der Waals surface area contributed by atoms with Crippen molar-refractivity contribution >= 4 is 11.8 Å². The number of benzene rings is 1. The molecular formula is C16H23N3O2. The molecular weight excluding hydrogens is 266 g/mol. The Bertz CT molecular complexity index is 490. The molecule has 3 N–H and O–H groups in total. The number of nitrogens with zero attached hydrogens (tertiary/aromatic N) is 1. The molecule has 1 aliphatic heterocycles. The van der Waals surface area contributed by atoms with E-state index >= 15 is 0 Å². The first-order valence-electron chi connectivity index (χ1n) is 7.44. The van der Waals surface area contributed by atoms with E-state index in [1.54, 1.807) is 24.3 Å². The molecule has 2 rings (SSSR count). The van der Waals surface area contributed by atoms with Crippen molar-refractivity contribution in [3.63, 3.8) is 0 Å². The van der Waals surface area contributed by atoms with Crippen molar-refractivity contribution in [2.75, 3.05) is 19.6 Å². The van der Waals surface area contributed by atoms with Gasteiger partial charge in [0.15, 0.2) is 0 Å². The van der Waals surface area contributed by atoms with Gasteiger partial charge < -0.3 is 16.0 Å². The van der Waals surface area contributed by atoms with E-state index in [1.165, 1.54) is 0 Å². The summed E-state index contributed by atoms with van der Waals surface area (Å²) in [6.45, 7) is 3.38. The molecule has 5 nitrogen and oxygen atoms in total. The van der Waals surface area contributed by atoms with E-state index in [1.807, 2.05) is 17.9 Å². The summed E-state index contributed by atoms with van der Waals surface area (Å²) in [5.74, 6) is 0.115. The molecule has 2 amide bonds. The lowest BCUT2D eigenvalue weighted by Crippen LogP contribution is -2.50. The van der Waals surface area contributed by atoms with Gasteiger partial charge in [0, 0.05) is 18.2 Å². The Labute approximate surface area is 125 Å². The van der Waals surface area contributed by atoms with Crippen LogP contribution in [0.2, 0.25) is 0 Å². The zero-order chi connectivity index (χ0) is 15.2. The second kappa shape index (κ2) is 7.22. The quantitative estimate of drug-likeness (QED) is 0.868. The molecule has 0 radical (unpaired) electrons. The van der Waals surface area contributed by atoms with Crippen molar-refractivity contribution in [3.8, 4) is 0 Å². The molecule has 21 heavy (non-hydrogen) atoms. The second-order valence-electron chi connectivity index (χ2n) is 5.62. The fraction of sp³-hybridized carbons (Fsp3) is 0.500. The van der Waals surface area contributed by atoms with Crippen molar-refractivity contribution in [1.82, 2.24) is 10.2 Å². The Kier molecular flexibility index (Phi) is 5.33. The van der Waals surface area contributed by atoms with E-state index in [2.05, 4.69) is 5.32 Å². The van der Waals surface area contributed by atoms with Gasteiger partial charge in [0.05, 0.1) is 6.54 Å². The monoisotopic (exact) mass is 289 g/mol. The SMILES string of the molecule is CC1CCC(CN)CN1C(=O)CNC(=O)c1ccccc1. The number of carbonyl (C=O) groups excluding carboxylic acids is 2. The van der Waals surface area contributed by atoms with E-state index in [0.717, 1.165) is 12.8 Å². The van der Waals surface area contributed by atoms with Crippen LogP contribution in [0.25, 0.3) is 0 Å². The normalized spacial score (nSPS) is 21.9. The van der Waals surface area contributed by atoms with Gasteiger partial charge in [0.2, 0.25) is 5.91 Å². The minimum Gasteiger partial charge on any atom is -0.343 e. The molecule has 1 aliphatic rings. The molecule has 114 valence electrons. The highest BCUT2D eigenvalue weighted by atomic mass is 16.2. The van der Waals surface area contributed by atoms with Gasteiger partial charge in [0.25, 0.3) is 5.91 Å². The molecule has 0 spiro atoms. The lowest BCUT2D eigenvalue weighted by atomic mass is 9.93. The lowest BCUT2D eigenvalue weighted by Gasteiger charge is -2.37. The molecule has 1 aromatic rings. The first-order chi connectivity index (χ1) is 10.1. The van der Waals surface area contributed by atoms with E-state index in [-0.39, 0.29) is 24.4 Å². The van der Waals surface area contributed by atoms with Gasteiger partial charge in [-0.05, 0) is 44.4 Å². The number of hydrogen-bond donors (Lipinski definition) is 2. The van der Waals surface area contributed by atoms with Crippen LogP contribution in [-0.2, 0) is 4.79 Å². The van der Waals surface area contributed by atoms with Gasteiger partial charge in [-0.25, -0.2) is 0 Å². The topological polar surface area (TPSA) is 75.4 Å². The number of nitrogens with two attached hydrogens (primary N) is 1. The Morgan fingerprint density at radius 1 is 1.29 bits per heavy atom. The molecule has 1 fully saturated rings. The van der Waals surface area contributed by atoms with Crippen LogP contribution in [0, 0.1) is 5.92 Å². The molecule has 0 aromatic heterocycles.